The average molecular weight is 443 g/mol. The van der Waals surface area contributed by atoms with Crippen LogP contribution in [0.2, 0.25) is 0 Å². The number of nitrogens with zero attached hydrogens (tertiary/aromatic N) is 4. The highest BCUT2D eigenvalue weighted by Crippen LogP contribution is 2.27. The van der Waals surface area contributed by atoms with Crippen molar-refractivity contribution in [1.82, 2.24) is 15.3 Å². The van der Waals surface area contributed by atoms with Crippen LogP contribution in [0.5, 0.6) is 0 Å². The van der Waals surface area contributed by atoms with Gasteiger partial charge in [0.2, 0.25) is 0 Å². The normalized spacial score (nSPS) is 17.7. The van der Waals surface area contributed by atoms with Crippen LogP contribution in [0.4, 0.5) is 15.3 Å². The van der Waals surface area contributed by atoms with Crippen molar-refractivity contribution in [1.29, 1.82) is 0 Å². The summed E-state index contributed by atoms with van der Waals surface area (Å²) in [6.07, 6.45) is 2.24. The number of halogens is 1. The molecule has 1 aliphatic rings. The highest BCUT2D eigenvalue weighted by Gasteiger charge is 2.25. The van der Waals surface area contributed by atoms with Gasteiger partial charge < -0.3 is 20.3 Å². The molecule has 1 unspecified atom stereocenters. The molecule has 3 rings (SSSR count). The van der Waals surface area contributed by atoms with Crippen LogP contribution in [0.3, 0.4) is 0 Å². The number of thiazole rings is 1. The van der Waals surface area contributed by atoms with Crippen molar-refractivity contribution in [3.8, 4) is 11.4 Å². The van der Waals surface area contributed by atoms with Crippen LogP contribution in [-0.2, 0) is 4.74 Å². The lowest BCUT2D eigenvalue weighted by Crippen LogP contribution is -2.43. The molecular weight excluding hydrogens is 415 g/mol. The van der Waals surface area contributed by atoms with E-state index in [1.54, 1.807) is 7.05 Å². The number of aliphatic imine (C=N–C) groups is 1. The van der Waals surface area contributed by atoms with Crippen LogP contribution in [0.25, 0.3) is 11.4 Å². The third kappa shape index (κ3) is 5.56. The molecule has 0 radical (unpaired) electrons. The van der Waals surface area contributed by atoms with Gasteiger partial charge in [-0.1, -0.05) is 25.3 Å². The summed E-state index contributed by atoms with van der Waals surface area (Å²) in [5.41, 5.74) is 1.94. The molecule has 0 bridgehead atoms. The fourth-order valence-corrected chi connectivity index (χ4v) is 3.89. The Morgan fingerprint density at radius 1 is 1.35 bits per heavy atom. The number of morpholine rings is 1. The summed E-state index contributed by atoms with van der Waals surface area (Å²) < 4.78 is 19.9. The average Bonchev–Trinajstić information content (AvgIpc) is 3.28. The minimum atomic E-state index is -0.428. The number of hydrogen-bond acceptors (Lipinski definition) is 6. The van der Waals surface area contributed by atoms with Gasteiger partial charge in [0.1, 0.15) is 23.4 Å². The molecule has 1 saturated heterocycles. The molecule has 2 N–H and O–H groups in total. The van der Waals surface area contributed by atoms with E-state index in [1.807, 2.05) is 30.5 Å². The molecule has 0 amide bonds. The van der Waals surface area contributed by atoms with Crippen LogP contribution in [0, 0.1) is 0 Å². The van der Waals surface area contributed by atoms with Crippen LogP contribution >= 0.6 is 11.3 Å². The summed E-state index contributed by atoms with van der Waals surface area (Å²) in [6, 6.07) is 5.80. The van der Waals surface area contributed by atoms with Gasteiger partial charge in [0.25, 0.3) is 0 Å². The second kappa shape index (κ2) is 10.8. The van der Waals surface area contributed by atoms with Crippen LogP contribution < -0.4 is 15.5 Å². The summed E-state index contributed by atoms with van der Waals surface area (Å²) in [5, 5.41) is 9.00. The Morgan fingerprint density at radius 2 is 2.19 bits per heavy atom. The summed E-state index contributed by atoms with van der Waals surface area (Å²) in [6.45, 7) is 11.6. The number of ether oxygens (including phenoxy) is 1. The molecule has 0 saturated carbocycles. The van der Waals surface area contributed by atoms with E-state index in [4.69, 9.17) is 9.72 Å². The van der Waals surface area contributed by atoms with Gasteiger partial charge in [0.05, 0.1) is 12.3 Å². The molecule has 31 heavy (non-hydrogen) atoms. The molecule has 2 aromatic rings. The molecule has 9 heteroatoms. The highest BCUT2D eigenvalue weighted by atomic mass is 32.1. The molecule has 2 aromatic heterocycles. The van der Waals surface area contributed by atoms with Crippen LogP contribution in [0.15, 0.2) is 65.3 Å². The summed E-state index contributed by atoms with van der Waals surface area (Å²) in [4.78, 5) is 15.7. The number of rotatable bonds is 7. The number of allylic oxidation sites excluding steroid dienone is 2. The molecule has 0 aliphatic carbocycles. The smallest absolute Gasteiger partial charge is 0.197 e. The van der Waals surface area contributed by atoms with Gasteiger partial charge >= 0.3 is 0 Å². The Kier molecular flexibility index (Phi) is 7.91. The molecule has 7 nitrogen and oxygen atoms in total. The van der Waals surface area contributed by atoms with Gasteiger partial charge in [0.15, 0.2) is 11.1 Å². The Hall–Kier alpha value is -3.04. The Bertz CT molecular complexity index is 986. The first-order valence-electron chi connectivity index (χ1n) is 10.0. The van der Waals surface area contributed by atoms with Crippen LogP contribution in [-0.4, -0.2) is 55.3 Å². The summed E-state index contributed by atoms with van der Waals surface area (Å²) in [7, 11) is 1.72. The molecule has 1 aliphatic heterocycles. The van der Waals surface area contributed by atoms with E-state index >= 15 is 0 Å². The zero-order valence-corrected chi connectivity index (χ0v) is 18.6. The fourth-order valence-electron chi connectivity index (χ4n) is 3.18. The Labute approximate surface area is 186 Å². The van der Waals surface area contributed by atoms with Gasteiger partial charge in [-0.2, -0.15) is 0 Å². The number of pyridine rings is 1. The predicted octanol–water partition coefficient (Wildman–Crippen LogP) is 4.01. The lowest BCUT2D eigenvalue weighted by Gasteiger charge is -2.34. The first-order chi connectivity index (χ1) is 15.1. The van der Waals surface area contributed by atoms with Crippen molar-refractivity contribution >= 4 is 28.2 Å². The molecule has 0 spiro atoms. The van der Waals surface area contributed by atoms with Gasteiger partial charge in [-0.15, -0.1) is 11.3 Å². The van der Waals surface area contributed by atoms with Crippen molar-refractivity contribution in [2.24, 2.45) is 4.99 Å². The maximum atomic E-state index is 14.1. The third-order valence-corrected chi connectivity index (χ3v) is 5.46. The maximum absolute atomic E-state index is 14.1. The number of anilines is 2. The van der Waals surface area contributed by atoms with Crippen molar-refractivity contribution in [3.05, 3.63) is 60.3 Å². The minimum Gasteiger partial charge on any atom is -0.370 e. The zero-order valence-electron chi connectivity index (χ0n) is 17.8. The maximum Gasteiger partial charge on any atom is 0.197 e. The second-order valence-corrected chi connectivity index (χ2v) is 7.52. The summed E-state index contributed by atoms with van der Waals surface area (Å²) >= 11 is 1.48. The van der Waals surface area contributed by atoms with Gasteiger partial charge in [-0.3, -0.25) is 4.99 Å². The first kappa shape index (κ1) is 22.6. The van der Waals surface area contributed by atoms with E-state index in [9.17, 15) is 4.39 Å². The Balaban J connectivity index is 1.78. The largest absolute Gasteiger partial charge is 0.370 e. The summed E-state index contributed by atoms with van der Waals surface area (Å²) in [5.74, 6) is 1.04. The van der Waals surface area contributed by atoms with Crippen LogP contribution in [0.1, 0.15) is 6.92 Å². The van der Waals surface area contributed by atoms with E-state index in [0.29, 0.717) is 31.2 Å². The monoisotopic (exact) mass is 442 g/mol. The van der Waals surface area contributed by atoms with Crippen molar-refractivity contribution in [3.63, 3.8) is 0 Å². The zero-order chi connectivity index (χ0) is 22.2. The number of nitrogens with one attached hydrogen (secondary N) is 2. The SMILES string of the molecule is C=C/C(F)=C(\C=C)C1CN(c2cccc(-c3csc(NC(=NC)NCC)n3)n2)CCO1. The van der Waals surface area contributed by atoms with E-state index in [2.05, 4.69) is 38.7 Å². The van der Waals surface area contributed by atoms with E-state index in [1.165, 1.54) is 23.5 Å². The Morgan fingerprint density at radius 3 is 2.90 bits per heavy atom. The van der Waals surface area contributed by atoms with Crippen molar-refractivity contribution in [2.45, 2.75) is 13.0 Å². The number of hydrogen-bond donors (Lipinski definition) is 2. The lowest BCUT2D eigenvalue weighted by molar-refractivity contribution is 0.0648. The number of aromatic nitrogens is 2. The van der Waals surface area contributed by atoms with E-state index in [-0.39, 0.29) is 0 Å². The quantitative estimate of drug-likeness (QED) is 0.383. The topological polar surface area (TPSA) is 74.7 Å². The van der Waals surface area contributed by atoms with E-state index < -0.39 is 11.9 Å². The van der Waals surface area contributed by atoms with Gasteiger partial charge in [-0.05, 0) is 25.1 Å². The second-order valence-electron chi connectivity index (χ2n) is 6.66. The van der Waals surface area contributed by atoms with Gasteiger partial charge in [-0.25, -0.2) is 14.4 Å². The van der Waals surface area contributed by atoms with E-state index in [0.717, 1.165) is 28.9 Å². The third-order valence-electron chi connectivity index (χ3n) is 4.71. The molecule has 164 valence electrons. The molecule has 3 heterocycles. The predicted molar refractivity (Wildman–Crippen MR) is 126 cm³/mol. The highest BCUT2D eigenvalue weighted by molar-refractivity contribution is 7.14. The molecule has 1 atom stereocenters. The molecular formula is C22H27FN6OS. The van der Waals surface area contributed by atoms with Gasteiger partial charge in [0, 0.05) is 37.6 Å². The van der Waals surface area contributed by atoms with Crippen molar-refractivity contribution < 1.29 is 9.13 Å². The fraction of sp³-hybridized carbons (Fsp3) is 0.318. The first-order valence-corrected chi connectivity index (χ1v) is 10.9. The molecule has 1 fully saturated rings. The number of guanidine groups is 1. The minimum absolute atomic E-state index is 0.403. The standard InChI is InChI=1S/C22H27FN6OS/c1-5-15(16(23)6-2)19-13-29(11-12-30-19)20-10-8-9-17(26-20)18-14-31-22(27-18)28-21(24-4)25-7-3/h5-6,8-10,14,19H,1-2,7,11-13H2,3-4H3,(H2,24,25,27,28)/b16-15-. The lowest BCUT2D eigenvalue weighted by atomic mass is 10.1. The van der Waals surface area contributed by atoms with Crippen molar-refractivity contribution in [2.75, 3.05) is 43.5 Å². The molecule has 0 aromatic carbocycles.